The minimum atomic E-state index is -1.60. The van der Waals surface area contributed by atoms with E-state index in [-0.39, 0.29) is 41.7 Å². The first-order valence-corrected chi connectivity index (χ1v) is 10.9. The van der Waals surface area contributed by atoms with E-state index in [2.05, 4.69) is 24.1 Å². The van der Waals surface area contributed by atoms with Crippen LogP contribution in [0, 0.1) is 11.7 Å². The SMILES string of the molecule is CC(C)CN1C[C@@H](C)N2C(=O)C3=C(O)C(O)C(C(=O)NCc4ccc(F)cc4)=CN3CC12. The van der Waals surface area contributed by atoms with Gasteiger partial charge in [-0.1, -0.05) is 26.0 Å². The van der Waals surface area contributed by atoms with Gasteiger partial charge in [-0.3, -0.25) is 14.5 Å². The molecule has 9 heteroatoms. The normalized spacial score (nSPS) is 25.8. The Bertz CT molecular complexity index is 975. The first-order valence-electron chi connectivity index (χ1n) is 10.9. The maximum absolute atomic E-state index is 13.2. The molecule has 1 aromatic carbocycles. The van der Waals surface area contributed by atoms with Gasteiger partial charge in [-0.25, -0.2) is 4.39 Å². The summed E-state index contributed by atoms with van der Waals surface area (Å²) in [6.07, 6.45) is -0.322. The Hall–Kier alpha value is -2.91. The monoisotopic (exact) mass is 444 g/mol. The van der Waals surface area contributed by atoms with Crippen molar-refractivity contribution in [1.82, 2.24) is 20.0 Å². The van der Waals surface area contributed by atoms with E-state index in [1.807, 2.05) is 6.92 Å². The first kappa shape index (κ1) is 22.3. The van der Waals surface area contributed by atoms with Gasteiger partial charge in [0.05, 0.1) is 12.1 Å². The highest BCUT2D eigenvalue weighted by molar-refractivity contribution is 5.99. The summed E-state index contributed by atoms with van der Waals surface area (Å²) in [5.41, 5.74) is 0.664. The standard InChI is InChI=1S/C23H29FN4O4/c1-13(2)9-26-10-14(3)28-18(26)12-27-11-17(20(29)21(30)19(27)23(28)32)22(31)25-8-15-4-6-16(24)7-5-15/h4-7,11,13-14,18,20,29-30H,8-10,12H2,1-3H3,(H,25,31)/t14-,18?,20?/m1/s1. The molecule has 2 fully saturated rings. The summed E-state index contributed by atoms with van der Waals surface area (Å²) in [7, 11) is 0. The van der Waals surface area contributed by atoms with Crippen molar-refractivity contribution in [2.75, 3.05) is 19.6 Å². The fraction of sp³-hybridized carbons (Fsp3) is 0.478. The summed E-state index contributed by atoms with van der Waals surface area (Å²) < 4.78 is 13.1. The smallest absolute Gasteiger partial charge is 0.275 e. The molecule has 3 heterocycles. The van der Waals surface area contributed by atoms with Crippen LogP contribution < -0.4 is 5.32 Å². The molecule has 2 amide bonds. The number of aliphatic hydroxyl groups is 2. The first-order chi connectivity index (χ1) is 15.2. The average Bonchev–Trinajstić information content (AvgIpc) is 3.04. The zero-order valence-electron chi connectivity index (χ0n) is 18.5. The predicted molar refractivity (Wildman–Crippen MR) is 115 cm³/mol. The highest BCUT2D eigenvalue weighted by Crippen LogP contribution is 2.35. The molecule has 1 aromatic rings. The van der Waals surface area contributed by atoms with Gasteiger partial charge in [0.2, 0.25) is 0 Å². The molecule has 0 aliphatic carbocycles. The second kappa shape index (κ2) is 8.55. The summed E-state index contributed by atoms with van der Waals surface area (Å²) >= 11 is 0. The lowest BCUT2D eigenvalue weighted by molar-refractivity contribution is -0.137. The second-order valence-corrected chi connectivity index (χ2v) is 9.07. The Labute approximate surface area is 186 Å². The summed E-state index contributed by atoms with van der Waals surface area (Å²) in [5.74, 6) is -1.38. The Kier molecular flexibility index (Phi) is 5.96. The molecule has 4 rings (SSSR count). The predicted octanol–water partition coefficient (Wildman–Crippen LogP) is 1.30. The van der Waals surface area contributed by atoms with Gasteiger partial charge in [-0.05, 0) is 30.5 Å². The maximum Gasteiger partial charge on any atom is 0.275 e. The number of carbonyl (C=O) groups is 2. The fourth-order valence-corrected chi connectivity index (χ4v) is 4.69. The number of amides is 2. The molecule has 3 N–H and O–H groups in total. The van der Waals surface area contributed by atoms with Crippen molar-refractivity contribution in [2.45, 2.75) is 45.6 Å². The van der Waals surface area contributed by atoms with Crippen molar-refractivity contribution >= 4 is 11.8 Å². The number of nitrogens with one attached hydrogen (secondary N) is 1. The number of carbonyl (C=O) groups excluding carboxylic acids is 2. The van der Waals surface area contributed by atoms with Crippen molar-refractivity contribution in [3.8, 4) is 0 Å². The van der Waals surface area contributed by atoms with Crippen LogP contribution in [0.15, 0.2) is 47.5 Å². The lowest BCUT2D eigenvalue weighted by Crippen LogP contribution is -2.58. The van der Waals surface area contributed by atoms with E-state index in [0.717, 1.165) is 13.1 Å². The molecule has 0 saturated carbocycles. The number of benzene rings is 1. The van der Waals surface area contributed by atoms with Crippen molar-refractivity contribution in [1.29, 1.82) is 0 Å². The average molecular weight is 445 g/mol. The molecule has 0 bridgehead atoms. The number of rotatable bonds is 5. The molecule has 0 aromatic heterocycles. The molecule has 2 saturated heterocycles. The van der Waals surface area contributed by atoms with E-state index in [1.54, 1.807) is 21.9 Å². The van der Waals surface area contributed by atoms with Crippen LogP contribution in [0.4, 0.5) is 4.39 Å². The van der Waals surface area contributed by atoms with E-state index in [4.69, 9.17) is 0 Å². The number of nitrogens with zero attached hydrogens (tertiary/aromatic N) is 3. The van der Waals surface area contributed by atoms with Crippen molar-refractivity contribution in [2.24, 2.45) is 5.92 Å². The molecule has 2 unspecified atom stereocenters. The van der Waals surface area contributed by atoms with Crippen LogP contribution >= 0.6 is 0 Å². The lowest BCUT2D eigenvalue weighted by Gasteiger charge is -2.44. The maximum atomic E-state index is 13.2. The number of fused-ring (bicyclic) bond motifs is 2. The molecule has 3 atom stereocenters. The molecule has 0 radical (unpaired) electrons. The minimum absolute atomic E-state index is 0.0158. The highest BCUT2D eigenvalue weighted by atomic mass is 19.1. The quantitative estimate of drug-likeness (QED) is 0.634. The van der Waals surface area contributed by atoms with Crippen molar-refractivity contribution in [3.63, 3.8) is 0 Å². The second-order valence-electron chi connectivity index (χ2n) is 9.07. The van der Waals surface area contributed by atoms with Gasteiger partial charge in [0, 0.05) is 31.9 Å². The van der Waals surface area contributed by atoms with Crippen LogP contribution in [-0.2, 0) is 16.1 Å². The summed E-state index contributed by atoms with van der Waals surface area (Å²) in [6.45, 7) is 8.30. The summed E-state index contributed by atoms with van der Waals surface area (Å²) in [4.78, 5) is 31.6. The zero-order valence-corrected chi connectivity index (χ0v) is 18.5. The lowest BCUT2D eigenvalue weighted by atomic mass is 9.99. The number of halogens is 1. The van der Waals surface area contributed by atoms with Crippen LogP contribution in [0.25, 0.3) is 0 Å². The third-order valence-electron chi connectivity index (χ3n) is 6.12. The van der Waals surface area contributed by atoms with Gasteiger partial charge in [0.25, 0.3) is 11.8 Å². The van der Waals surface area contributed by atoms with Crippen molar-refractivity contribution < 1.29 is 24.2 Å². The molecule has 32 heavy (non-hydrogen) atoms. The molecular formula is C23H29FN4O4. The topological polar surface area (TPSA) is 96.4 Å². The van der Waals surface area contributed by atoms with Gasteiger partial charge in [-0.2, -0.15) is 0 Å². The number of aliphatic hydroxyl groups excluding tert-OH is 2. The van der Waals surface area contributed by atoms with E-state index < -0.39 is 17.8 Å². The van der Waals surface area contributed by atoms with Gasteiger partial charge in [0.1, 0.15) is 23.8 Å². The Balaban J connectivity index is 1.55. The van der Waals surface area contributed by atoms with Gasteiger partial charge in [0.15, 0.2) is 5.76 Å². The molecular weight excluding hydrogens is 415 g/mol. The molecule has 3 aliphatic rings. The molecule has 172 valence electrons. The number of hydrogen-bond donors (Lipinski definition) is 3. The van der Waals surface area contributed by atoms with E-state index in [9.17, 15) is 24.2 Å². The van der Waals surface area contributed by atoms with Gasteiger partial charge < -0.3 is 25.3 Å². The number of hydrogen-bond acceptors (Lipinski definition) is 6. The van der Waals surface area contributed by atoms with E-state index in [1.165, 1.54) is 18.3 Å². The van der Waals surface area contributed by atoms with Gasteiger partial charge >= 0.3 is 0 Å². The van der Waals surface area contributed by atoms with Crippen LogP contribution in [0.1, 0.15) is 26.3 Å². The Morgan fingerprint density at radius 3 is 2.59 bits per heavy atom. The summed E-state index contributed by atoms with van der Waals surface area (Å²) in [5, 5.41) is 23.9. The zero-order chi connectivity index (χ0) is 23.2. The molecule has 3 aliphatic heterocycles. The Morgan fingerprint density at radius 2 is 1.94 bits per heavy atom. The number of piperazine rings is 1. The van der Waals surface area contributed by atoms with Crippen LogP contribution in [0.2, 0.25) is 0 Å². The van der Waals surface area contributed by atoms with Crippen LogP contribution in [0.5, 0.6) is 0 Å². The largest absolute Gasteiger partial charge is 0.507 e. The Morgan fingerprint density at radius 1 is 1.25 bits per heavy atom. The third kappa shape index (κ3) is 3.98. The third-order valence-corrected chi connectivity index (χ3v) is 6.12. The van der Waals surface area contributed by atoms with Crippen LogP contribution in [0.3, 0.4) is 0 Å². The van der Waals surface area contributed by atoms with E-state index >= 15 is 0 Å². The molecule has 0 spiro atoms. The van der Waals surface area contributed by atoms with Crippen LogP contribution in [-0.4, -0.2) is 74.7 Å². The highest BCUT2D eigenvalue weighted by Gasteiger charge is 2.49. The van der Waals surface area contributed by atoms with Crippen molar-refractivity contribution in [3.05, 3.63) is 58.9 Å². The van der Waals surface area contributed by atoms with Gasteiger partial charge in [-0.15, -0.1) is 0 Å². The molecule has 8 nitrogen and oxygen atoms in total. The minimum Gasteiger partial charge on any atom is -0.507 e. The van der Waals surface area contributed by atoms with E-state index in [0.29, 0.717) is 18.0 Å². The fourth-order valence-electron chi connectivity index (χ4n) is 4.69. The summed E-state index contributed by atoms with van der Waals surface area (Å²) in [6, 6.07) is 5.69.